The van der Waals surface area contributed by atoms with Crippen molar-refractivity contribution in [1.82, 2.24) is 0 Å². The summed E-state index contributed by atoms with van der Waals surface area (Å²) in [5.41, 5.74) is 3.25. The second kappa shape index (κ2) is 6.24. The molecule has 0 radical (unpaired) electrons. The van der Waals surface area contributed by atoms with E-state index in [9.17, 15) is 0 Å². The van der Waals surface area contributed by atoms with Gasteiger partial charge >= 0.3 is 0 Å². The van der Waals surface area contributed by atoms with Crippen LogP contribution in [0.2, 0.25) is 0 Å². The second-order valence-corrected chi connectivity index (χ2v) is 6.90. The fraction of sp³-hybridized carbons (Fsp3) is 0.278. The largest absolute Gasteiger partial charge is 0.366 e. The number of nitrogens with zero attached hydrogens (tertiary/aromatic N) is 2. The van der Waals surface area contributed by atoms with Crippen molar-refractivity contribution in [2.45, 2.75) is 30.0 Å². The zero-order valence-corrected chi connectivity index (χ0v) is 12.9. The van der Waals surface area contributed by atoms with Crippen molar-refractivity contribution >= 4 is 17.4 Å². The lowest BCUT2D eigenvalue weighted by Gasteiger charge is -2.24. The number of nitriles is 1. The SMILES string of the molecule is CC1CCN(Cc2cccc(C#N)c2)c2ccccc2S1. The molecule has 0 saturated carbocycles. The highest BCUT2D eigenvalue weighted by atomic mass is 32.2. The molecule has 106 valence electrons. The van der Waals surface area contributed by atoms with Crippen LogP contribution in [0.4, 0.5) is 5.69 Å². The average Bonchev–Trinajstić information content (AvgIpc) is 2.67. The monoisotopic (exact) mass is 294 g/mol. The van der Waals surface area contributed by atoms with Crippen LogP contribution < -0.4 is 4.90 Å². The zero-order valence-electron chi connectivity index (χ0n) is 12.1. The summed E-state index contributed by atoms with van der Waals surface area (Å²) >= 11 is 1.96. The van der Waals surface area contributed by atoms with E-state index in [1.807, 2.05) is 30.0 Å². The van der Waals surface area contributed by atoms with E-state index in [2.05, 4.69) is 48.2 Å². The molecule has 0 bridgehead atoms. The highest BCUT2D eigenvalue weighted by molar-refractivity contribution is 8.00. The number of hydrogen-bond acceptors (Lipinski definition) is 3. The number of hydrogen-bond donors (Lipinski definition) is 0. The van der Waals surface area contributed by atoms with Crippen molar-refractivity contribution in [1.29, 1.82) is 5.26 Å². The number of benzene rings is 2. The fourth-order valence-corrected chi connectivity index (χ4v) is 3.81. The van der Waals surface area contributed by atoms with Crippen molar-refractivity contribution in [3.05, 3.63) is 59.7 Å². The van der Waals surface area contributed by atoms with Gasteiger partial charge in [-0.25, -0.2) is 0 Å². The molecule has 3 rings (SSSR count). The van der Waals surface area contributed by atoms with Crippen LogP contribution in [-0.2, 0) is 6.54 Å². The Morgan fingerprint density at radius 3 is 2.95 bits per heavy atom. The highest BCUT2D eigenvalue weighted by Crippen LogP contribution is 2.37. The minimum absolute atomic E-state index is 0.640. The zero-order chi connectivity index (χ0) is 14.7. The van der Waals surface area contributed by atoms with Crippen LogP contribution in [-0.4, -0.2) is 11.8 Å². The first kappa shape index (κ1) is 14.0. The van der Waals surface area contributed by atoms with Crippen molar-refractivity contribution in [2.24, 2.45) is 0 Å². The van der Waals surface area contributed by atoms with Crippen molar-refractivity contribution in [3.8, 4) is 6.07 Å². The molecule has 21 heavy (non-hydrogen) atoms. The lowest BCUT2D eigenvalue weighted by atomic mass is 10.1. The maximum Gasteiger partial charge on any atom is 0.0991 e. The first-order chi connectivity index (χ1) is 10.3. The molecule has 0 aromatic heterocycles. The van der Waals surface area contributed by atoms with Gasteiger partial charge in [0.2, 0.25) is 0 Å². The summed E-state index contributed by atoms with van der Waals surface area (Å²) in [5.74, 6) is 0. The van der Waals surface area contributed by atoms with Crippen LogP contribution in [0, 0.1) is 11.3 Å². The number of thioether (sulfide) groups is 1. The highest BCUT2D eigenvalue weighted by Gasteiger charge is 2.19. The number of rotatable bonds is 2. The maximum absolute atomic E-state index is 9.04. The number of para-hydroxylation sites is 1. The molecule has 1 heterocycles. The van der Waals surface area contributed by atoms with E-state index < -0.39 is 0 Å². The predicted octanol–water partition coefficient (Wildman–Crippen LogP) is 4.45. The second-order valence-electron chi connectivity index (χ2n) is 5.42. The van der Waals surface area contributed by atoms with E-state index in [0.29, 0.717) is 5.25 Å². The molecule has 2 aromatic rings. The summed E-state index contributed by atoms with van der Waals surface area (Å²) in [5, 5.41) is 9.68. The van der Waals surface area contributed by atoms with Gasteiger partial charge in [-0.1, -0.05) is 31.2 Å². The Hall–Kier alpha value is -1.92. The molecule has 1 aliphatic heterocycles. The molecule has 0 spiro atoms. The van der Waals surface area contributed by atoms with Crippen molar-refractivity contribution < 1.29 is 0 Å². The summed E-state index contributed by atoms with van der Waals surface area (Å²) in [6.07, 6.45) is 1.18. The Morgan fingerprint density at radius 1 is 1.24 bits per heavy atom. The molecule has 0 saturated heterocycles. The third-order valence-corrected chi connectivity index (χ3v) is 5.01. The Morgan fingerprint density at radius 2 is 2.10 bits per heavy atom. The third-order valence-electron chi connectivity index (χ3n) is 3.77. The van der Waals surface area contributed by atoms with Crippen LogP contribution in [0.15, 0.2) is 53.4 Å². The molecule has 2 nitrogen and oxygen atoms in total. The third kappa shape index (κ3) is 3.22. The van der Waals surface area contributed by atoms with Crippen LogP contribution in [0.3, 0.4) is 0 Å². The van der Waals surface area contributed by atoms with Gasteiger partial charge in [0.05, 0.1) is 17.3 Å². The summed E-state index contributed by atoms with van der Waals surface area (Å²) in [6.45, 7) is 4.21. The van der Waals surface area contributed by atoms with Crippen LogP contribution >= 0.6 is 11.8 Å². The molecule has 0 aliphatic carbocycles. The molecule has 0 fully saturated rings. The van der Waals surface area contributed by atoms with Crippen molar-refractivity contribution in [2.75, 3.05) is 11.4 Å². The molecule has 1 unspecified atom stereocenters. The summed E-state index contributed by atoms with van der Waals surface area (Å²) in [4.78, 5) is 3.79. The maximum atomic E-state index is 9.04. The van der Waals surface area contributed by atoms with E-state index in [1.54, 1.807) is 0 Å². The summed E-state index contributed by atoms with van der Waals surface area (Å²) in [6, 6.07) is 18.8. The lowest BCUT2D eigenvalue weighted by Crippen LogP contribution is -2.24. The van der Waals surface area contributed by atoms with E-state index >= 15 is 0 Å². The first-order valence-electron chi connectivity index (χ1n) is 7.26. The van der Waals surface area contributed by atoms with Gasteiger partial charge in [0.25, 0.3) is 0 Å². The van der Waals surface area contributed by atoms with Crippen LogP contribution in [0.25, 0.3) is 0 Å². The minimum atomic E-state index is 0.640. The number of fused-ring (bicyclic) bond motifs is 1. The summed E-state index contributed by atoms with van der Waals surface area (Å²) < 4.78 is 0. The molecule has 3 heteroatoms. The Bertz CT molecular complexity index is 675. The van der Waals surface area contributed by atoms with E-state index in [1.165, 1.54) is 22.6 Å². The summed E-state index contributed by atoms with van der Waals surface area (Å²) in [7, 11) is 0. The van der Waals surface area contributed by atoms with Crippen molar-refractivity contribution in [3.63, 3.8) is 0 Å². The fourth-order valence-electron chi connectivity index (χ4n) is 2.68. The lowest BCUT2D eigenvalue weighted by molar-refractivity contribution is 0.730. The van der Waals surface area contributed by atoms with Gasteiger partial charge in [-0.15, -0.1) is 11.8 Å². The smallest absolute Gasteiger partial charge is 0.0991 e. The topological polar surface area (TPSA) is 27.0 Å². The van der Waals surface area contributed by atoms with Gasteiger partial charge in [-0.3, -0.25) is 0 Å². The standard InChI is InChI=1S/C18H18N2S/c1-14-9-10-20(17-7-2-3-8-18(17)21-14)13-16-6-4-5-15(11-16)12-19/h2-8,11,14H,9-10,13H2,1H3. The van der Waals surface area contributed by atoms with Gasteiger partial charge in [-0.2, -0.15) is 5.26 Å². The van der Waals surface area contributed by atoms with Gasteiger partial charge < -0.3 is 4.90 Å². The number of anilines is 1. The van der Waals surface area contributed by atoms with Gasteiger partial charge in [0.15, 0.2) is 0 Å². The molecular weight excluding hydrogens is 276 g/mol. The molecular formula is C18H18N2S. The van der Waals surface area contributed by atoms with Gasteiger partial charge in [0, 0.05) is 23.2 Å². The van der Waals surface area contributed by atoms with Gasteiger partial charge in [-0.05, 0) is 36.2 Å². The quantitative estimate of drug-likeness (QED) is 0.819. The van der Waals surface area contributed by atoms with Crippen LogP contribution in [0.5, 0.6) is 0 Å². The normalized spacial score (nSPS) is 17.7. The Labute approximate surface area is 130 Å². The predicted molar refractivity (Wildman–Crippen MR) is 88.6 cm³/mol. The van der Waals surface area contributed by atoms with E-state index in [4.69, 9.17) is 5.26 Å². The molecule has 2 aromatic carbocycles. The minimum Gasteiger partial charge on any atom is -0.366 e. The van der Waals surface area contributed by atoms with Gasteiger partial charge in [0.1, 0.15) is 0 Å². The molecule has 0 amide bonds. The Kier molecular flexibility index (Phi) is 4.17. The first-order valence-corrected chi connectivity index (χ1v) is 8.14. The van der Waals surface area contributed by atoms with Crippen LogP contribution in [0.1, 0.15) is 24.5 Å². The average molecular weight is 294 g/mol. The van der Waals surface area contributed by atoms with E-state index in [-0.39, 0.29) is 0 Å². The Balaban J connectivity index is 1.89. The molecule has 1 atom stereocenters. The molecule has 0 N–H and O–H groups in total. The van der Waals surface area contributed by atoms with E-state index in [0.717, 1.165) is 18.7 Å². The molecule has 1 aliphatic rings.